The minimum atomic E-state index is -0.423. The lowest BCUT2D eigenvalue weighted by Crippen LogP contribution is -2.31. The normalized spacial score (nSPS) is 17.8. The van der Waals surface area contributed by atoms with Crippen molar-refractivity contribution >= 4 is 35.0 Å². The van der Waals surface area contributed by atoms with Crippen LogP contribution in [-0.4, -0.2) is 17.1 Å². The third kappa shape index (κ3) is 3.10. The summed E-state index contributed by atoms with van der Waals surface area (Å²) in [6.07, 6.45) is 0.199. The molecule has 2 amide bonds. The van der Waals surface area contributed by atoms with Crippen molar-refractivity contribution in [3.63, 3.8) is 0 Å². The van der Waals surface area contributed by atoms with E-state index in [1.165, 1.54) is 16.7 Å². The van der Waals surface area contributed by atoms with Crippen LogP contribution in [0.4, 0.5) is 11.4 Å². The summed E-state index contributed by atoms with van der Waals surface area (Å²) in [5.41, 5.74) is 9.28. The molecule has 0 bridgehead atoms. The zero-order valence-corrected chi connectivity index (χ0v) is 13.9. The fraction of sp³-hybridized carbons (Fsp3) is 0.222. The number of imide groups is 1. The summed E-state index contributed by atoms with van der Waals surface area (Å²) in [5, 5.41) is -0.423. The molecule has 1 aliphatic rings. The van der Waals surface area contributed by atoms with E-state index in [1.54, 1.807) is 6.07 Å². The molecule has 1 atom stereocenters. The fourth-order valence-corrected chi connectivity index (χ4v) is 3.89. The molecule has 2 N–H and O–H groups in total. The Morgan fingerprint density at radius 1 is 1.09 bits per heavy atom. The topological polar surface area (TPSA) is 63.4 Å². The lowest BCUT2D eigenvalue weighted by atomic mass is 10.1. The van der Waals surface area contributed by atoms with Crippen LogP contribution in [0.2, 0.25) is 0 Å². The van der Waals surface area contributed by atoms with E-state index >= 15 is 0 Å². The number of nitrogens with two attached hydrogens (primary N) is 1. The molecular formula is C18H18N2O2S. The predicted octanol–water partition coefficient (Wildman–Crippen LogP) is 3.31. The highest BCUT2D eigenvalue weighted by atomic mass is 32.2. The zero-order chi connectivity index (χ0) is 16.6. The van der Waals surface area contributed by atoms with E-state index in [0.29, 0.717) is 11.4 Å². The van der Waals surface area contributed by atoms with E-state index in [-0.39, 0.29) is 18.2 Å². The lowest BCUT2D eigenvalue weighted by Gasteiger charge is -2.16. The molecular weight excluding hydrogens is 308 g/mol. The molecule has 1 heterocycles. The van der Waals surface area contributed by atoms with Gasteiger partial charge in [-0.05, 0) is 49.2 Å². The molecule has 5 heteroatoms. The molecule has 2 aromatic carbocycles. The molecule has 0 aliphatic carbocycles. The predicted molar refractivity (Wildman–Crippen MR) is 93.5 cm³/mol. The van der Waals surface area contributed by atoms with E-state index in [1.807, 2.05) is 50.2 Å². The van der Waals surface area contributed by atoms with Crippen molar-refractivity contribution in [3.8, 4) is 0 Å². The van der Waals surface area contributed by atoms with Crippen molar-refractivity contribution in [1.82, 2.24) is 0 Å². The number of carbonyl (C=O) groups excluding carboxylic acids is 2. The maximum atomic E-state index is 12.7. The number of carbonyl (C=O) groups is 2. The number of amides is 2. The third-order valence-corrected chi connectivity index (χ3v) is 5.04. The van der Waals surface area contributed by atoms with Gasteiger partial charge in [0.2, 0.25) is 11.8 Å². The first-order valence-electron chi connectivity index (χ1n) is 7.42. The minimum Gasteiger partial charge on any atom is -0.398 e. The molecule has 4 nitrogen and oxygen atoms in total. The van der Waals surface area contributed by atoms with Crippen LogP contribution in [0.5, 0.6) is 0 Å². The van der Waals surface area contributed by atoms with Gasteiger partial charge in [-0.2, -0.15) is 0 Å². The van der Waals surface area contributed by atoms with Crippen LogP contribution in [0.15, 0.2) is 47.4 Å². The van der Waals surface area contributed by atoms with Gasteiger partial charge in [-0.15, -0.1) is 11.8 Å². The van der Waals surface area contributed by atoms with Gasteiger partial charge in [-0.3, -0.25) is 9.59 Å². The summed E-state index contributed by atoms with van der Waals surface area (Å²) < 4.78 is 0. The largest absolute Gasteiger partial charge is 0.398 e. The van der Waals surface area contributed by atoms with Crippen LogP contribution in [0.25, 0.3) is 0 Å². The van der Waals surface area contributed by atoms with Crippen molar-refractivity contribution < 1.29 is 9.59 Å². The van der Waals surface area contributed by atoms with E-state index in [2.05, 4.69) is 0 Å². The van der Waals surface area contributed by atoms with Crippen molar-refractivity contribution in [2.75, 3.05) is 10.6 Å². The number of benzene rings is 2. The Balaban J connectivity index is 1.87. The second-order valence-corrected chi connectivity index (χ2v) is 7.01. The average Bonchev–Trinajstić information content (AvgIpc) is 2.75. The van der Waals surface area contributed by atoms with Crippen LogP contribution in [0.1, 0.15) is 17.5 Å². The Labute approximate surface area is 139 Å². The molecule has 1 aliphatic heterocycles. The Hall–Kier alpha value is -2.27. The fourth-order valence-electron chi connectivity index (χ4n) is 2.79. The summed E-state index contributed by atoms with van der Waals surface area (Å²) in [6.45, 7) is 3.91. The Kier molecular flexibility index (Phi) is 4.13. The van der Waals surface area contributed by atoms with Gasteiger partial charge in [-0.25, -0.2) is 4.90 Å². The first kappa shape index (κ1) is 15.6. The molecule has 0 spiro atoms. The van der Waals surface area contributed by atoms with Crippen LogP contribution in [0, 0.1) is 13.8 Å². The number of nitrogens with zero attached hydrogens (tertiary/aromatic N) is 1. The molecule has 3 rings (SSSR count). The van der Waals surface area contributed by atoms with Crippen molar-refractivity contribution in [2.24, 2.45) is 0 Å². The molecule has 2 aromatic rings. The summed E-state index contributed by atoms with van der Waals surface area (Å²) in [4.78, 5) is 27.2. The molecule has 0 unspecified atom stereocenters. The number of hydrogen-bond acceptors (Lipinski definition) is 4. The highest BCUT2D eigenvalue weighted by Crippen LogP contribution is 2.36. The molecule has 0 aromatic heterocycles. The van der Waals surface area contributed by atoms with Crippen molar-refractivity contribution in [1.29, 1.82) is 0 Å². The molecule has 0 radical (unpaired) electrons. The van der Waals surface area contributed by atoms with Gasteiger partial charge in [-0.1, -0.05) is 18.2 Å². The molecule has 1 saturated heterocycles. The van der Waals surface area contributed by atoms with Crippen LogP contribution < -0.4 is 10.6 Å². The number of anilines is 2. The van der Waals surface area contributed by atoms with Crippen molar-refractivity contribution in [2.45, 2.75) is 30.4 Å². The van der Waals surface area contributed by atoms with E-state index in [4.69, 9.17) is 5.73 Å². The van der Waals surface area contributed by atoms with Gasteiger partial charge in [0, 0.05) is 17.0 Å². The number of para-hydroxylation sites is 1. The third-order valence-electron chi connectivity index (χ3n) is 3.76. The number of hydrogen-bond donors (Lipinski definition) is 1. The van der Waals surface area contributed by atoms with Crippen LogP contribution >= 0.6 is 11.8 Å². The maximum Gasteiger partial charge on any atom is 0.247 e. The quantitative estimate of drug-likeness (QED) is 0.694. The summed E-state index contributed by atoms with van der Waals surface area (Å²) in [5.74, 6) is -0.333. The van der Waals surface area contributed by atoms with Gasteiger partial charge in [0.05, 0.1) is 10.9 Å². The van der Waals surface area contributed by atoms with Gasteiger partial charge in [0.25, 0.3) is 0 Å². The van der Waals surface area contributed by atoms with Crippen molar-refractivity contribution in [3.05, 3.63) is 53.6 Å². The average molecular weight is 326 g/mol. The van der Waals surface area contributed by atoms with E-state index < -0.39 is 5.25 Å². The maximum absolute atomic E-state index is 12.7. The number of thioether (sulfide) groups is 1. The number of nitrogen functional groups attached to an aromatic ring is 1. The first-order valence-corrected chi connectivity index (χ1v) is 8.30. The summed E-state index contributed by atoms with van der Waals surface area (Å²) in [7, 11) is 0. The Bertz CT molecular complexity index is 768. The highest BCUT2D eigenvalue weighted by Gasteiger charge is 2.40. The second-order valence-electron chi connectivity index (χ2n) is 5.76. The minimum absolute atomic E-state index is 0.160. The molecule has 23 heavy (non-hydrogen) atoms. The smallest absolute Gasteiger partial charge is 0.247 e. The van der Waals surface area contributed by atoms with Gasteiger partial charge < -0.3 is 5.73 Å². The molecule has 118 valence electrons. The standard InChI is InChI=1S/C18H18N2O2S/c1-11-7-12(2)9-13(8-11)20-17(21)10-16(18(20)22)23-15-6-4-3-5-14(15)19/h3-9,16H,10,19H2,1-2H3/t16-/m0/s1. The molecule has 0 saturated carbocycles. The van der Waals surface area contributed by atoms with Gasteiger partial charge in [0.15, 0.2) is 0 Å². The SMILES string of the molecule is Cc1cc(C)cc(N2C(=O)C[C@H](Sc3ccccc3N)C2=O)c1. The van der Waals surface area contributed by atoms with E-state index in [9.17, 15) is 9.59 Å². The highest BCUT2D eigenvalue weighted by molar-refractivity contribution is 8.00. The van der Waals surface area contributed by atoms with Crippen LogP contribution in [-0.2, 0) is 9.59 Å². The summed E-state index contributed by atoms with van der Waals surface area (Å²) >= 11 is 1.36. The second kappa shape index (κ2) is 6.08. The first-order chi connectivity index (χ1) is 11.0. The Morgan fingerprint density at radius 3 is 2.39 bits per heavy atom. The monoisotopic (exact) mass is 326 g/mol. The summed E-state index contributed by atoms with van der Waals surface area (Å²) in [6, 6.07) is 13.2. The zero-order valence-electron chi connectivity index (χ0n) is 13.1. The number of rotatable bonds is 3. The lowest BCUT2D eigenvalue weighted by molar-refractivity contribution is -0.121. The van der Waals surface area contributed by atoms with Crippen LogP contribution in [0.3, 0.4) is 0 Å². The van der Waals surface area contributed by atoms with Gasteiger partial charge >= 0.3 is 0 Å². The van der Waals surface area contributed by atoms with Gasteiger partial charge in [0.1, 0.15) is 0 Å². The Morgan fingerprint density at radius 2 is 1.74 bits per heavy atom. The number of aryl methyl sites for hydroxylation is 2. The molecule has 1 fully saturated rings. The van der Waals surface area contributed by atoms with E-state index in [0.717, 1.165) is 16.0 Å².